The molecule has 0 aliphatic carbocycles. The van der Waals surface area contributed by atoms with E-state index < -0.39 is 29.8 Å². The molecular weight excluding hydrogens is 579 g/mol. The molecule has 2 N–H and O–H groups in total. The van der Waals surface area contributed by atoms with Gasteiger partial charge in [-0.25, -0.2) is 9.37 Å². The third kappa shape index (κ3) is 6.15. The molecule has 5 aromatic rings. The number of epoxide rings is 1. The first-order valence-corrected chi connectivity index (χ1v) is 14.1. The van der Waals surface area contributed by atoms with Crippen LogP contribution in [0.5, 0.6) is 0 Å². The van der Waals surface area contributed by atoms with Crippen molar-refractivity contribution in [1.29, 1.82) is 0 Å². The van der Waals surface area contributed by atoms with Gasteiger partial charge < -0.3 is 15.0 Å². The Morgan fingerprint density at radius 1 is 0.905 bits per heavy atom. The number of nitrogens with zero attached hydrogens (tertiary/aromatic N) is 2. The van der Waals surface area contributed by atoms with E-state index in [1.165, 1.54) is 28.4 Å². The largest absolute Gasteiger partial charge is 0.349 e. The third-order valence-electron chi connectivity index (χ3n) is 6.56. The molecule has 42 heavy (non-hydrogen) atoms. The van der Waals surface area contributed by atoms with Crippen molar-refractivity contribution in [3.63, 3.8) is 0 Å². The fourth-order valence-electron chi connectivity index (χ4n) is 4.39. The molecule has 1 fully saturated rings. The predicted molar refractivity (Wildman–Crippen MR) is 160 cm³/mol. The van der Waals surface area contributed by atoms with Crippen LogP contribution in [0.2, 0.25) is 5.02 Å². The highest BCUT2D eigenvalue weighted by atomic mass is 35.5. The number of aromatic nitrogens is 1. The van der Waals surface area contributed by atoms with E-state index in [2.05, 4.69) is 15.6 Å². The van der Waals surface area contributed by atoms with Gasteiger partial charge in [0, 0.05) is 22.0 Å². The summed E-state index contributed by atoms with van der Waals surface area (Å²) in [7, 11) is 0. The Balaban J connectivity index is 1.18. The maximum atomic E-state index is 13.6. The number of carbonyl (C=O) groups excluding carboxylic acids is 3. The number of fused-ring (bicyclic) bond motifs is 1. The van der Waals surface area contributed by atoms with E-state index in [0.29, 0.717) is 32.7 Å². The lowest BCUT2D eigenvalue weighted by atomic mass is 10.1. The smallest absolute Gasteiger partial charge is 0.259 e. The summed E-state index contributed by atoms with van der Waals surface area (Å²) in [4.78, 5) is 45.1. The van der Waals surface area contributed by atoms with Crippen molar-refractivity contribution < 1.29 is 23.5 Å². The van der Waals surface area contributed by atoms with Gasteiger partial charge in [0.2, 0.25) is 0 Å². The molecule has 2 heterocycles. The fraction of sp³-hybridized carbons (Fsp3) is 0.0968. The van der Waals surface area contributed by atoms with Gasteiger partial charge in [-0.2, -0.15) is 0 Å². The van der Waals surface area contributed by atoms with Crippen molar-refractivity contribution in [3.8, 4) is 0 Å². The zero-order chi connectivity index (χ0) is 29.2. The Kier molecular flexibility index (Phi) is 7.66. The van der Waals surface area contributed by atoms with Crippen molar-refractivity contribution in [2.75, 3.05) is 15.5 Å². The van der Waals surface area contributed by atoms with Crippen LogP contribution < -0.4 is 15.5 Å². The second-order valence-corrected chi connectivity index (χ2v) is 11.0. The van der Waals surface area contributed by atoms with Crippen LogP contribution in [0, 0.1) is 5.82 Å². The number of hydrogen-bond acceptors (Lipinski definition) is 6. The normalized spacial score (nSPS) is 15.7. The van der Waals surface area contributed by atoms with Crippen LogP contribution in [-0.2, 0) is 20.9 Å². The van der Waals surface area contributed by atoms with Crippen LogP contribution in [0.15, 0.2) is 97.1 Å². The Bertz CT molecular complexity index is 1760. The van der Waals surface area contributed by atoms with Crippen molar-refractivity contribution in [1.82, 2.24) is 4.98 Å². The minimum Gasteiger partial charge on any atom is -0.349 e. The van der Waals surface area contributed by atoms with Crippen molar-refractivity contribution in [3.05, 3.63) is 119 Å². The molecule has 0 spiro atoms. The summed E-state index contributed by atoms with van der Waals surface area (Å²) in [6.45, 7) is 0.0961. The first-order chi connectivity index (χ1) is 20.3. The molecular formula is C31H22ClFN4O4S. The Morgan fingerprint density at radius 3 is 2.40 bits per heavy atom. The highest BCUT2D eigenvalue weighted by Crippen LogP contribution is 2.30. The number of carbonyl (C=O) groups is 3. The molecule has 8 nitrogen and oxygen atoms in total. The number of thiazole rings is 1. The molecule has 4 aromatic carbocycles. The number of anilines is 3. The highest BCUT2D eigenvalue weighted by molar-refractivity contribution is 7.22. The first-order valence-electron chi connectivity index (χ1n) is 12.9. The zero-order valence-electron chi connectivity index (χ0n) is 21.8. The number of amides is 3. The molecule has 1 aliphatic heterocycles. The van der Waals surface area contributed by atoms with E-state index in [9.17, 15) is 18.8 Å². The maximum absolute atomic E-state index is 13.6. The maximum Gasteiger partial charge on any atom is 0.259 e. The molecule has 1 aliphatic rings. The molecule has 0 bridgehead atoms. The van der Waals surface area contributed by atoms with Gasteiger partial charge in [0.15, 0.2) is 17.3 Å². The summed E-state index contributed by atoms with van der Waals surface area (Å²) in [5, 5.41) is 6.45. The second-order valence-electron chi connectivity index (χ2n) is 9.52. The quantitative estimate of drug-likeness (QED) is 0.204. The van der Waals surface area contributed by atoms with Gasteiger partial charge in [-0.05, 0) is 72.3 Å². The molecule has 0 saturated carbocycles. The van der Waals surface area contributed by atoms with Gasteiger partial charge in [0.05, 0.1) is 16.8 Å². The van der Waals surface area contributed by atoms with Crippen molar-refractivity contribution in [2.24, 2.45) is 0 Å². The second kappa shape index (κ2) is 11.7. The standard InChI is InChI=1S/C31H22ClFN4O4S/c32-20-4-3-5-22(16-20)34-29(39)26-27(41-26)30(40)37(17-18-8-12-21(33)13-9-18)23-14-10-19(11-15-23)28(38)36-31-35-24-6-1-2-7-25(24)42-31/h1-16,26-27H,17H2,(H,34,39)(H,35,36,38). The van der Waals surface area contributed by atoms with Crippen molar-refractivity contribution >= 4 is 67.4 Å². The van der Waals surface area contributed by atoms with E-state index in [1.54, 1.807) is 60.7 Å². The van der Waals surface area contributed by atoms with Crippen LogP contribution in [0.25, 0.3) is 10.2 Å². The summed E-state index contributed by atoms with van der Waals surface area (Å²) in [6, 6.07) is 26.5. The molecule has 1 saturated heterocycles. The van der Waals surface area contributed by atoms with Crippen LogP contribution in [-0.4, -0.2) is 34.9 Å². The molecule has 2 atom stereocenters. The summed E-state index contributed by atoms with van der Waals surface area (Å²) in [6.07, 6.45) is -1.99. The summed E-state index contributed by atoms with van der Waals surface area (Å²) in [5.74, 6) is -1.67. The minimum absolute atomic E-state index is 0.0961. The van der Waals surface area contributed by atoms with Gasteiger partial charge in [-0.15, -0.1) is 0 Å². The molecule has 2 unspecified atom stereocenters. The van der Waals surface area contributed by atoms with E-state index >= 15 is 0 Å². The molecule has 11 heteroatoms. The van der Waals surface area contributed by atoms with Gasteiger partial charge >= 0.3 is 0 Å². The van der Waals surface area contributed by atoms with Gasteiger partial charge in [-0.1, -0.05) is 53.3 Å². The lowest BCUT2D eigenvalue weighted by molar-refractivity contribution is -0.120. The zero-order valence-corrected chi connectivity index (χ0v) is 23.4. The number of para-hydroxylation sites is 1. The number of benzene rings is 4. The van der Waals surface area contributed by atoms with E-state index in [0.717, 1.165) is 10.2 Å². The van der Waals surface area contributed by atoms with E-state index in [4.69, 9.17) is 16.3 Å². The number of rotatable bonds is 8. The molecule has 6 rings (SSSR count). The fourth-order valence-corrected chi connectivity index (χ4v) is 5.44. The molecule has 210 valence electrons. The lowest BCUT2D eigenvalue weighted by Gasteiger charge is -2.23. The average Bonchev–Trinajstić information content (AvgIpc) is 3.69. The van der Waals surface area contributed by atoms with Gasteiger partial charge in [0.25, 0.3) is 17.7 Å². The van der Waals surface area contributed by atoms with Crippen LogP contribution in [0.3, 0.4) is 0 Å². The van der Waals surface area contributed by atoms with Gasteiger partial charge in [0.1, 0.15) is 5.82 Å². The van der Waals surface area contributed by atoms with Gasteiger partial charge in [-0.3, -0.25) is 19.7 Å². The summed E-state index contributed by atoms with van der Waals surface area (Å²) < 4.78 is 20.0. The predicted octanol–water partition coefficient (Wildman–Crippen LogP) is 6.28. The SMILES string of the molecule is O=C(Nc1nc2ccccc2s1)c1ccc(N(Cc2ccc(F)cc2)C(=O)C2OC2C(=O)Nc2cccc(Cl)c2)cc1. The Morgan fingerprint density at radius 2 is 1.67 bits per heavy atom. The number of nitrogens with one attached hydrogen (secondary N) is 2. The first kappa shape index (κ1) is 27.5. The lowest BCUT2D eigenvalue weighted by Crippen LogP contribution is -2.36. The molecule has 1 aromatic heterocycles. The van der Waals surface area contributed by atoms with Crippen LogP contribution in [0.1, 0.15) is 15.9 Å². The minimum atomic E-state index is -1.01. The van der Waals surface area contributed by atoms with E-state index in [-0.39, 0.29) is 12.5 Å². The number of ether oxygens (including phenoxy) is 1. The Labute approximate surface area is 248 Å². The van der Waals surface area contributed by atoms with E-state index in [1.807, 2.05) is 24.3 Å². The molecule has 0 radical (unpaired) electrons. The third-order valence-corrected chi connectivity index (χ3v) is 7.75. The average molecular weight is 601 g/mol. The summed E-state index contributed by atoms with van der Waals surface area (Å²) >= 11 is 7.36. The number of halogens is 2. The van der Waals surface area contributed by atoms with Crippen molar-refractivity contribution in [2.45, 2.75) is 18.8 Å². The van der Waals surface area contributed by atoms with Crippen LogP contribution >= 0.6 is 22.9 Å². The molecule has 3 amide bonds. The topological polar surface area (TPSA) is 104 Å². The monoisotopic (exact) mass is 600 g/mol. The highest BCUT2D eigenvalue weighted by Gasteiger charge is 2.52. The number of hydrogen-bond donors (Lipinski definition) is 2. The Hall–Kier alpha value is -4.64. The summed E-state index contributed by atoms with van der Waals surface area (Å²) in [5.41, 5.74) is 2.80. The van der Waals surface area contributed by atoms with Crippen LogP contribution in [0.4, 0.5) is 20.9 Å².